The van der Waals surface area contributed by atoms with E-state index in [1.54, 1.807) is 19.9 Å². The average molecular weight is 480 g/mol. The second-order valence-electron chi connectivity index (χ2n) is 7.36. The summed E-state index contributed by atoms with van der Waals surface area (Å²) in [5.74, 6) is -1.26. The van der Waals surface area contributed by atoms with Gasteiger partial charge in [-0.1, -0.05) is 36.7 Å². The molecule has 0 aliphatic carbocycles. The summed E-state index contributed by atoms with van der Waals surface area (Å²) < 4.78 is 22.3. The van der Waals surface area contributed by atoms with Crippen molar-refractivity contribution >= 4 is 23.4 Å². The molecule has 1 aliphatic rings. The SMILES string of the molecule is CCOC(=O)C1=C(COCC(OCC)OCC)NC(C)=C(C(=O)CC)C1c1ccccc1Cl. The number of rotatable bonds is 13. The Bertz CT molecular complexity index is 889. The molecule has 1 aliphatic heterocycles. The van der Waals surface area contributed by atoms with Gasteiger partial charge >= 0.3 is 5.97 Å². The standard InChI is InChI=1S/C25H34ClNO6/c1-6-20(28)22-16(5)27-19(14-30-15-21(31-7-2)32-8-3)24(25(29)33-9-4)23(22)17-12-10-11-13-18(17)26/h10-13,21,23,27H,6-9,14-15H2,1-5H3. The fourth-order valence-electron chi connectivity index (χ4n) is 3.81. The Morgan fingerprint density at radius 2 is 1.70 bits per heavy atom. The minimum Gasteiger partial charge on any atom is -0.463 e. The van der Waals surface area contributed by atoms with Crippen LogP contribution in [0.5, 0.6) is 0 Å². The van der Waals surface area contributed by atoms with E-state index in [0.29, 0.717) is 52.8 Å². The van der Waals surface area contributed by atoms with E-state index in [2.05, 4.69) is 5.32 Å². The van der Waals surface area contributed by atoms with Crippen LogP contribution in [0.25, 0.3) is 0 Å². The fourth-order valence-corrected chi connectivity index (χ4v) is 4.06. The van der Waals surface area contributed by atoms with Crippen molar-refractivity contribution in [3.05, 3.63) is 57.4 Å². The first-order chi connectivity index (χ1) is 15.9. The highest BCUT2D eigenvalue weighted by molar-refractivity contribution is 6.31. The third-order valence-electron chi connectivity index (χ3n) is 5.18. The van der Waals surface area contributed by atoms with Crippen LogP contribution in [0.15, 0.2) is 46.8 Å². The van der Waals surface area contributed by atoms with Gasteiger partial charge in [-0.2, -0.15) is 0 Å². The van der Waals surface area contributed by atoms with Gasteiger partial charge in [0.2, 0.25) is 0 Å². The summed E-state index contributed by atoms with van der Waals surface area (Å²) in [4.78, 5) is 26.1. The molecule has 1 unspecified atom stereocenters. The number of hydrogen-bond donors (Lipinski definition) is 1. The van der Waals surface area contributed by atoms with Crippen molar-refractivity contribution in [3.63, 3.8) is 0 Å². The molecule has 1 atom stereocenters. The van der Waals surface area contributed by atoms with Crippen LogP contribution >= 0.6 is 11.6 Å². The van der Waals surface area contributed by atoms with Gasteiger partial charge in [-0.25, -0.2) is 4.79 Å². The Hall–Kier alpha value is -2.19. The largest absolute Gasteiger partial charge is 0.463 e. The number of Topliss-reactive ketones (excluding diaryl/α,β-unsaturated/α-hetero) is 1. The molecule has 0 spiro atoms. The minimum atomic E-state index is -0.667. The lowest BCUT2D eigenvalue weighted by Crippen LogP contribution is -2.35. The zero-order valence-electron chi connectivity index (χ0n) is 20.0. The third-order valence-corrected chi connectivity index (χ3v) is 5.53. The maximum atomic E-state index is 13.2. The monoisotopic (exact) mass is 479 g/mol. The second-order valence-corrected chi connectivity index (χ2v) is 7.77. The van der Waals surface area contributed by atoms with Crippen molar-refractivity contribution in [1.82, 2.24) is 5.32 Å². The third kappa shape index (κ3) is 6.90. The van der Waals surface area contributed by atoms with E-state index >= 15 is 0 Å². The van der Waals surface area contributed by atoms with Crippen LogP contribution in [0.2, 0.25) is 5.02 Å². The van der Waals surface area contributed by atoms with E-state index in [4.69, 9.17) is 30.5 Å². The van der Waals surface area contributed by atoms with Crippen LogP contribution in [0, 0.1) is 0 Å². The minimum absolute atomic E-state index is 0.0700. The van der Waals surface area contributed by atoms with Crippen molar-refractivity contribution < 1.29 is 28.5 Å². The zero-order chi connectivity index (χ0) is 24.4. The number of carbonyl (C=O) groups excluding carboxylic acids is 2. The van der Waals surface area contributed by atoms with Crippen molar-refractivity contribution in [2.75, 3.05) is 33.0 Å². The number of esters is 1. The van der Waals surface area contributed by atoms with Crippen LogP contribution in [-0.2, 0) is 28.5 Å². The van der Waals surface area contributed by atoms with Crippen molar-refractivity contribution in [2.45, 2.75) is 53.2 Å². The predicted molar refractivity (Wildman–Crippen MR) is 127 cm³/mol. The molecule has 1 N–H and O–H groups in total. The molecule has 0 saturated carbocycles. The highest BCUT2D eigenvalue weighted by Gasteiger charge is 2.38. The first-order valence-corrected chi connectivity index (χ1v) is 11.7. The number of carbonyl (C=O) groups is 2. The number of halogens is 1. The molecule has 0 aromatic heterocycles. The van der Waals surface area contributed by atoms with Gasteiger partial charge in [0, 0.05) is 41.8 Å². The molecule has 1 heterocycles. The highest BCUT2D eigenvalue weighted by atomic mass is 35.5. The van der Waals surface area contributed by atoms with E-state index in [1.807, 2.05) is 39.0 Å². The van der Waals surface area contributed by atoms with Crippen molar-refractivity contribution in [2.24, 2.45) is 0 Å². The van der Waals surface area contributed by atoms with E-state index in [9.17, 15) is 9.59 Å². The first-order valence-electron chi connectivity index (χ1n) is 11.4. The van der Waals surface area contributed by atoms with Crippen LogP contribution in [0.4, 0.5) is 0 Å². The second kappa shape index (κ2) is 13.5. The summed E-state index contributed by atoms with van der Waals surface area (Å²) in [6, 6.07) is 7.22. The van der Waals surface area contributed by atoms with E-state index in [-0.39, 0.29) is 25.6 Å². The molecule has 2 rings (SSSR count). The van der Waals surface area contributed by atoms with Gasteiger partial charge < -0.3 is 24.3 Å². The number of ether oxygens (including phenoxy) is 4. The van der Waals surface area contributed by atoms with Gasteiger partial charge in [-0.3, -0.25) is 4.79 Å². The Kier molecular flexibility index (Phi) is 11.1. The first kappa shape index (κ1) is 27.1. The van der Waals surface area contributed by atoms with Gasteiger partial charge in [-0.05, 0) is 39.3 Å². The lowest BCUT2D eigenvalue weighted by atomic mass is 9.78. The number of nitrogens with one attached hydrogen (secondary N) is 1. The van der Waals surface area contributed by atoms with E-state index in [0.717, 1.165) is 0 Å². The number of hydrogen-bond acceptors (Lipinski definition) is 7. The average Bonchev–Trinajstić information content (AvgIpc) is 2.79. The smallest absolute Gasteiger partial charge is 0.336 e. The Morgan fingerprint density at radius 1 is 1.03 bits per heavy atom. The molecule has 8 heteroatoms. The van der Waals surface area contributed by atoms with Crippen LogP contribution in [0.1, 0.15) is 52.5 Å². The summed E-state index contributed by atoms with van der Waals surface area (Å²) in [5, 5.41) is 3.68. The lowest BCUT2D eigenvalue weighted by molar-refractivity contribution is -0.165. The number of ketones is 1. The van der Waals surface area contributed by atoms with Gasteiger partial charge in [0.05, 0.1) is 31.1 Å². The molecule has 1 aromatic carbocycles. The van der Waals surface area contributed by atoms with Crippen molar-refractivity contribution in [1.29, 1.82) is 0 Å². The molecular weight excluding hydrogens is 446 g/mol. The van der Waals surface area contributed by atoms with Gasteiger partial charge in [-0.15, -0.1) is 0 Å². The number of benzene rings is 1. The summed E-state index contributed by atoms with van der Waals surface area (Å²) >= 11 is 6.54. The molecule has 33 heavy (non-hydrogen) atoms. The number of dihydropyridines is 1. The van der Waals surface area contributed by atoms with Crippen molar-refractivity contribution in [3.8, 4) is 0 Å². The van der Waals surface area contributed by atoms with E-state index in [1.165, 1.54) is 0 Å². The summed E-state index contributed by atoms with van der Waals surface area (Å²) in [5.41, 5.74) is 2.66. The molecule has 0 amide bonds. The Balaban J connectivity index is 2.51. The predicted octanol–water partition coefficient (Wildman–Crippen LogP) is 4.51. The van der Waals surface area contributed by atoms with Crippen LogP contribution in [-0.4, -0.2) is 51.1 Å². The lowest BCUT2D eigenvalue weighted by Gasteiger charge is -2.32. The quantitative estimate of drug-likeness (QED) is 0.329. The Morgan fingerprint density at radius 3 is 2.27 bits per heavy atom. The number of allylic oxidation sites excluding steroid dienone is 2. The molecule has 0 saturated heterocycles. The van der Waals surface area contributed by atoms with Gasteiger partial charge in [0.1, 0.15) is 0 Å². The molecule has 0 bridgehead atoms. The molecule has 0 fully saturated rings. The molecule has 1 aromatic rings. The molecule has 7 nitrogen and oxygen atoms in total. The van der Waals surface area contributed by atoms with Gasteiger partial charge in [0.15, 0.2) is 12.1 Å². The molecular formula is C25H34ClNO6. The normalized spacial score (nSPS) is 16.3. The summed E-state index contributed by atoms with van der Waals surface area (Å²) in [6.07, 6.45) is -0.217. The maximum absolute atomic E-state index is 13.2. The van der Waals surface area contributed by atoms with Crippen LogP contribution in [0.3, 0.4) is 0 Å². The summed E-state index contributed by atoms with van der Waals surface area (Å²) in [6.45, 7) is 10.5. The van der Waals surface area contributed by atoms with E-state index < -0.39 is 18.2 Å². The summed E-state index contributed by atoms with van der Waals surface area (Å²) in [7, 11) is 0. The molecule has 0 radical (unpaired) electrons. The topological polar surface area (TPSA) is 83.1 Å². The van der Waals surface area contributed by atoms with Gasteiger partial charge in [0.25, 0.3) is 0 Å². The maximum Gasteiger partial charge on any atom is 0.336 e. The zero-order valence-corrected chi connectivity index (χ0v) is 20.8. The molecule has 182 valence electrons. The fraction of sp³-hybridized carbons (Fsp3) is 0.520. The van der Waals surface area contributed by atoms with Crippen LogP contribution < -0.4 is 5.32 Å². The Labute approximate surface area is 201 Å². The highest BCUT2D eigenvalue weighted by Crippen LogP contribution is 2.42.